The molecule has 0 bridgehead atoms. The minimum Gasteiger partial charge on any atom is -0.469 e. The largest absolute Gasteiger partial charge is 0.469 e. The van der Waals surface area contributed by atoms with Crippen molar-refractivity contribution in [2.24, 2.45) is 5.92 Å². The van der Waals surface area contributed by atoms with Crippen molar-refractivity contribution in [3.8, 4) is 6.07 Å². The average Bonchev–Trinajstić information content (AvgIpc) is 3.15. The summed E-state index contributed by atoms with van der Waals surface area (Å²) in [6.45, 7) is 2.90. The van der Waals surface area contributed by atoms with E-state index in [-0.39, 0.29) is 23.0 Å². The second kappa shape index (κ2) is 6.33. The number of nitrogens with zero attached hydrogens (tertiary/aromatic N) is 3. The molecule has 2 aromatic heterocycles. The van der Waals surface area contributed by atoms with Crippen LogP contribution in [0.15, 0.2) is 27.6 Å². The van der Waals surface area contributed by atoms with E-state index in [1.54, 1.807) is 12.1 Å². The van der Waals surface area contributed by atoms with Gasteiger partial charge in [-0.05, 0) is 38.3 Å². The van der Waals surface area contributed by atoms with Crippen molar-refractivity contribution < 1.29 is 9.21 Å². The van der Waals surface area contributed by atoms with Crippen LogP contribution >= 0.6 is 0 Å². The van der Waals surface area contributed by atoms with Crippen LogP contribution in [0.25, 0.3) is 0 Å². The quantitative estimate of drug-likeness (QED) is 0.853. The molecule has 3 unspecified atom stereocenters. The fourth-order valence-electron chi connectivity index (χ4n) is 3.82. The number of aromatic amines is 1. The molecule has 2 aliphatic rings. The monoisotopic (exact) mass is 353 g/mol. The van der Waals surface area contributed by atoms with E-state index in [1.807, 2.05) is 6.07 Å². The van der Waals surface area contributed by atoms with Gasteiger partial charge in [0.2, 0.25) is 11.9 Å². The van der Waals surface area contributed by atoms with Gasteiger partial charge in [-0.3, -0.25) is 14.6 Å². The van der Waals surface area contributed by atoms with E-state index in [1.165, 1.54) is 6.26 Å². The third kappa shape index (κ3) is 2.56. The number of carbonyl (C=O) groups is 1. The molecule has 8 nitrogen and oxygen atoms in total. The number of anilines is 2. The maximum atomic E-state index is 12.9. The summed E-state index contributed by atoms with van der Waals surface area (Å²) in [6.07, 6.45) is 4.66. The molecule has 0 aliphatic carbocycles. The van der Waals surface area contributed by atoms with Crippen LogP contribution in [0.4, 0.5) is 11.8 Å². The Morgan fingerprint density at radius 1 is 1.38 bits per heavy atom. The highest BCUT2D eigenvalue weighted by Crippen LogP contribution is 2.38. The van der Waals surface area contributed by atoms with Gasteiger partial charge >= 0.3 is 0 Å². The second-order valence-electron chi connectivity index (χ2n) is 6.78. The van der Waals surface area contributed by atoms with E-state index in [0.29, 0.717) is 11.7 Å². The Balaban J connectivity index is 1.84. The van der Waals surface area contributed by atoms with Gasteiger partial charge in [0, 0.05) is 12.6 Å². The van der Waals surface area contributed by atoms with E-state index in [4.69, 9.17) is 4.42 Å². The first-order valence-corrected chi connectivity index (χ1v) is 8.75. The molecule has 8 heteroatoms. The number of furan rings is 1. The predicted octanol–water partition coefficient (Wildman–Crippen LogP) is 1.97. The van der Waals surface area contributed by atoms with Gasteiger partial charge in [0.1, 0.15) is 17.5 Å². The zero-order chi connectivity index (χ0) is 18.3. The molecule has 0 spiro atoms. The van der Waals surface area contributed by atoms with Crippen molar-refractivity contribution in [2.45, 2.75) is 38.1 Å². The number of hydrogen-bond donors (Lipinski definition) is 2. The number of H-pyrrole nitrogens is 1. The van der Waals surface area contributed by atoms with Crippen molar-refractivity contribution >= 4 is 17.7 Å². The molecule has 1 fully saturated rings. The lowest BCUT2D eigenvalue weighted by Crippen LogP contribution is -2.42. The number of fused-ring (bicyclic) bond motifs is 1. The molecule has 4 heterocycles. The van der Waals surface area contributed by atoms with Crippen LogP contribution in [-0.2, 0) is 4.79 Å². The van der Waals surface area contributed by atoms with Gasteiger partial charge in [-0.15, -0.1) is 0 Å². The fourth-order valence-corrected chi connectivity index (χ4v) is 3.82. The van der Waals surface area contributed by atoms with Gasteiger partial charge in [0.25, 0.3) is 5.56 Å². The smallest absolute Gasteiger partial charge is 0.258 e. The Bertz CT molecular complexity index is 927. The van der Waals surface area contributed by atoms with Crippen LogP contribution in [0.5, 0.6) is 0 Å². The summed E-state index contributed by atoms with van der Waals surface area (Å²) < 4.78 is 5.41. The maximum Gasteiger partial charge on any atom is 0.258 e. The zero-order valence-electron chi connectivity index (χ0n) is 14.4. The summed E-state index contributed by atoms with van der Waals surface area (Å²) in [5.74, 6) is -1.23. The van der Waals surface area contributed by atoms with Gasteiger partial charge in [0.15, 0.2) is 0 Å². The third-order valence-corrected chi connectivity index (χ3v) is 5.18. The van der Waals surface area contributed by atoms with E-state index < -0.39 is 17.7 Å². The molecule has 2 aromatic rings. The molecule has 0 saturated carbocycles. The maximum absolute atomic E-state index is 12.9. The summed E-state index contributed by atoms with van der Waals surface area (Å²) in [4.78, 5) is 34.7. The van der Waals surface area contributed by atoms with Gasteiger partial charge < -0.3 is 14.6 Å². The number of amides is 1. The van der Waals surface area contributed by atoms with Gasteiger partial charge in [0.05, 0.1) is 23.8 Å². The van der Waals surface area contributed by atoms with Crippen molar-refractivity contribution in [3.05, 3.63) is 40.1 Å². The lowest BCUT2D eigenvalue weighted by atomic mass is 9.82. The minimum atomic E-state index is -1.05. The molecule has 1 amide bonds. The molecule has 0 radical (unpaired) electrons. The number of carbonyl (C=O) groups excluding carboxylic acids is 1. The molecular formula is C18H19N5O3. The zero-order valence-corrected chi connectivity index (χ0v) is 14.4. The van der Waals surface area contributed by atoms with Gasteiger partial charge in [-0.2, -0.15) is 10.2 Å². The first-order chi connectivity index (χ1) is 12.6. The first kappa shape index (κ1) is 16.4. The summed E-state index contributed by atoms with van der Waals surface area (Å²) in [5, 5.41) is 12.1. The minimum absolute atomic E-state index is 0.208. The lowest BCUT2D eigenvalue weighted by molar-refractivity contribution is -0.119. The molecular weight excluding hydrogens is 334 g/mol. The number of aromatic nitrogens is 2. The fraction of sp³-hybridized carbons (Fsp3) is 0.444. The van der Waals surface area contributed by atoms with Crippen LogP contribution in [0, 0.1) is 17.2 Å². The SMILES string of the molecule is CC1CCCCN1c1nc2c(c(=O)[nH]1)C(c1ccco1)C(C#N)C(=O)N2. The molecule has 4 rings (SSSR count). The van der Waals surface area contributed by atoms with Crippen LogP contribution in [0.1, 0.15) is 43.4 Å². The number of piperidine rings is 1. The molecule has 1 saturated heterocycles. The topological polar surface area (TPSA) is 115 Å². The van der Waals surface area contributed by atoms with Crippen LogP contribution in [0.2, 0.25) is 0 Å². The lowest BCUT2D eigenvalue weighted by Gasteiger charge is -2.35. The van der Waals surface area contributed by atoms with Crippen molar-refractivity contribution in [1.29, 1.82) is 5.26 Å². The summed E-state index contributed by atoms with van der Waals surface area (Å²) in [7, 11) is 0. The third-order valence-electron chi connectivity index (χ3n) is 5.18. The normalized spacial score (nSPS) is 25.3. The van der Waals surface area contributed by atoms with Gasteiger partial charge in [-0.25, -0.2) is 0 Å². The van der Waals surface area contributed by atoms with E-state index in [2.05, 4.69) is 27.1 Å². The van der Waals surface area contributed by atoms with Crippen LogP contribution < -0.4 is 15.8 Å². The van der Waals surface area contributed by atoms with Crippen LogP contribution in [-0.4, -0.2) is 28.5 Å². The Hall–Kier alpha value is -3.08. The Morgan fingerprint density at radius 2 is 2.23 bits per heavy atom. The number of rotatable bonds is 2. The second-order valence-corrected chi connectivity index (χ2v) is 6.78. The first-order valence-electron chi connectivity index (χ1n) is 8.75. The molecule has 0 aromatic carbocycles. The highest BCUT2D eigenvalue weighted by Gasteiger charge is 2.42. The molecule has 134 valence electrons. The molecule has 26 heavy (non-hydrogen) atoms. The number of hydrogen-bond acceptors (Lipinski definition) is 6. The van der Waals surface area contributed by atoms with E-state index in [0.717, 1.165) is 25.8 Å². The Morgan fingerprint density at radius 3 is 2.92 bits per heavy atom. The Kier molecular flexibility index (Phi) is 3.99. The number of nitriles is 1. The average molecular weight is 353 g/mol. The van der Waals surface area contributed by atoms with Crippen molar-refractivity contribution in [3.63, 3.8) is 0 Å². The molecule has 2 aliphatic heterocycles. The summed E-state index contributed by atoms with van der Waals surface area (Å²) in [5.41, 5.74) is -0.0936. The van der Waals surface area contributed by atoms with Crippen molar-refractivity contribution in [2.75, 3.05) is 16.8 Å². The summed E-state index contributed by atoms with van der Waals surface area (Å²) in [6, 6.07) is 5.58. The van der Waals surface area contributed by atoms with E-state index in [9.17, 15) is 14.9 Å². The van der Waals surface area contributed by atoms with Crippen LogP contribution in [0.3, 0.4) is 0 Å². The number of nitrogens with one attached hydrogen (secondary N) is 2. The Labute approximate surface area is 149 Å². The van der Waals surface area contributed by atoms with Gasteiger partial charge in [-0.1, -0.05) is 0 Å². The standard InChI is InChI=1S/C18H19N5O3/c1-10-5-2-3-7-23(10)18-21-15-14(17(25)22-18)13(12-6-4-8-26-12)11(9-19)16(24)20-15/h4,6,8,10-11,13H,2-3,5,7H2,1H3,(H2,20,21,22,24,25). The molecule has 3 atom stereocenters. The van der Waals surface area contributed by atoms with E-state index >= 15 is 0 Å². The molecule has 2 N–H and O–H groups in total. The summed E-state index contributed by atoms with van der Waals surface area (Å²) >= 11 is 0. The predicted molar refractivity (Wildman–Crippen MR) is 93.8 cm³/mol. The van der Waals surface area contributed by atoms with Crippen molar-refractivity contribution in [1.82, 2.24) is 9.97 Å². The highest BCUT2D eigenvalue weighted by molar-refractivity contribution is 5.97. The highest BCUT2D eigenvalue weighted by atomic mass is 16.3.